The molecule has 0 radical (unpaired) electrons. The third-order valence-electron chi connectivity index (χ3n) is 3.05. The van der Waals surface area contributed by atoms with Gasteiger partial charge in [0.2, 0.25) is 0 Å². The van der Waals surface area contributed by atoms with Gasteiger partial charge in [0.1, 0.15) is 5.75 Å². The fourth-order valence-corrected chi connectivity index (χ4v) is 1.87. The maximum Gasteiger partial charge on any atom is 0.335 e. The minimum absolute atomic E-state index is 0.0701. The van der Waals surface area contributed by atoms with E-state index in [1.54, 1.807) is 24.3 Å². The summed E-state index contributed by atoms with van der Waals surface area (Å²) in [5, 5.41) is 21.2. The van der Waals surface area contributed by atoms with E-state index in [0.717, 1.165) is 11.1 Å². The van der Waals surface area contributed by atoms with E-state index in [4.69, 9.17) is 5.11 Å². The molecule has 0 saturated heterocycles. The maximum atomic E-state index is 12.0. The van der Waals surface area contributed by atoms with Crippen LogP contribution < -0.4 is 5.32 Å². The smallest absolute Gasteiger partial charge is 0.335 e. The van der Waals surface area contributed by atoms with Gasteiger partial charge < -0.3 is 15.5 Å². The Morgan fingerprint density at radius 3 is 2.38 bits per heavy atom. The molecule has 5 nitrogen and oxygen atoms in total. The van der Waals surface area contributed by atoms with Gasteiger partial charge in [0.25, 0.3) is 5.91 Å². The second-order valence-corrected chi connectivity index (χ2v) is 4.71. The van der Waals surface area contributed by atoms with Gasteiger partial charge in [0.05, 0.1) is 11.1 Å². The predicted molar refractivity (Wildman–Crippen MR) is 77.4 cm³/mol. The van der Waals surface area contributed by atoms with Crippen LogP contribution in [-0.4, -0.2) is 22.1 Å². The summed E-state index contributed by atoms with van der Waals surface area (Å²) >= 11 is 0. The first-order valence-corrected chi connectivity index (χ1v) is 6.37. The van der Waals surface area contributed by atoms with Crippen molar-refractivity contribution in [2.75, 3.05) is 0 Å². The van der Waals surface area contributed by atoms with E-state index in [1.807, 2.05) is 6.92 Å². The molecule has 0 atom stereocenters. The molecule has 0 aliphatic heterocycles. The van der Waals surface area contributed by atoms with Crippen LogP contribution in [0.5, 0.6) is 5.75 Å². The summed E-state index contributed by atoms with van der Waals surface area (Å²) in [6.45, 7) is 2.09. The van der Waals surface area contributed by atoms with Crippen molar-refractivity contribution in [3.63, 3.8) is 0 Å². The quantitative estimate of drug-likeness (QED) is 0.804. The van der Waals surface area contributed by atoms with Gasteiger partial charge in [-0.2, -0.15) is 0 Å². The van der Waals surface area contributed by atoms with Gasteiger partial charge in [0.15, 0.2) is 0 Å². The van der Waals surface area contributed by atoms with Crippen molar-refractivity contribution >= 4 is 11.9 Å². The molecule has 0 bridgehead atoms. The Morgan fingerprint density at radius 1 is 1.10 bits per heavy atom. The highest BCUT2D eigenvalue weighted by atomic mass is 16.4. The molecular weight excluding hydrogens is 270 g/mol. The van der Waals surface area contributed by atoms with Crippen molar-refractivity contribution in [3.05, 3.63) is 64.7 Å². The van der Waals surface area contributed by atoms with Crippen LogP contribution in [0.1, 0.15) is 31.8 Å². The lowest BCUT2D eigenvalue weighted by atomic mass is 10.1. The summed E-state index contributed by atoms with van der Waals surface area (Å²) in [5.41, 5.74) is 2.07. The first-order chi connectivity index (χ1) is 9.97. The van der Waals surface area contributed by atoms with Gasteiger partial charge in [-0.3, -0.25) is 4.79 Å². The van der Waals surface area contributed by atoms with Crippen LogP contribution in [0.3, 0.4) is 0 Å². The van der Waals surface area contributed by atoms with Crippen molar-refractivity contribution in [1.29, 1.82) is 0 Å². The molecule has 0 aliphatic rings. The molecule has 2 rings (SSSR count). The number of carboxylic acids is 1. The van der Waals surface area contributed by atoms with Crippen molar-refractivity contribution in [3.8, 4) is 5.75 Å². The van der Waals surface area contributed by atoms with E-state index in [-0.39, 0.29) is 29.3 Å². The molecule has 0 aromatic heterocycles. The standard InChI is InChI=1S/C16H15NO4/c1-10-2-7-14(18)13(8-10)15(19)17-9-11-3-5-12(6-4-11)16(20)21/h2-8,18H,9H2,1H3,(H,17,19)(H,20,21). The third-order valence-corrected chi connectivity index (χ3v) is 3.05. The Morgan fingerprint density at radius 2 is 1.76 bits per heavy atom. The molecule has 21 heavy (non-hydrogen) atoms. The average molecular weight is 285 g/mol. The van der Waals surface area contributed by atoms with E-state index in [1.165, 1.54) is 18.2 Å². The van der Waals surface area contributed by atoms with E-state index >= 15 is 0 Å². The van der Waals surface area contributed by atoms with Crippen molar-refractivity contribution < 1.29 is 19.8 Å². The largest absolute Gasteiger partial charge is 0.507 e. The number of aromatic carboxylic acids is 1. The molecule has 2 aromatic carbocycles. The summed E-state index contributed by atoms with van der Waals surface area (Å²) in [7, 11) is 0. The number of amides is 1. The highest BCUT2D eigenvalue weighted by Gasteiger charge is 2.11. The van der Waals surface area contributed by atoms with E-state index in [0.29, 0.717) is 0 Å². The lowest BCUT2D eigenvalue weighted by Gasteiger charge is -2.08. The van der Waals surface area contributed by atoms with Gasteiger partial charge >= 0.3 is 5.97 Å². The number of aromatic hydroxyl groups is 1. The number of hydrogen-bond donors (Lipinski definition) is 3. The summed E-state index contributed by atoms with van der Waals surface area (Å²) in [5.74, 6) is -1.44. The summed E-state index contributed by atoms with van der Waals surface area (Å²) in [6, 6.07) is 11.0. The lowest BCUT2D eigenvalue weighted by molar-refractivity contribution is 0.0696. The predicted octanol–water partition coefficient (Wildman–Crippen LogP) is 2.33. The molecule has 1 amide bonds. The minimum atomic E-state index is -0.990. The van der Waals surface area contributed by atoms with Crippen LogP contribution in [0, 0.1) is 6.92 Å². The molecule has 0 spiro atoms. The highest BCUT2D eigenvalue weighted by molar-refractivity contribution is 5.97. The maximum absolute atomic E-state index is 12.0. The topological polar surface area (TPSA) is 86.6 Å². The zero-order chi connectivity index (χ0) is 15.4. The van der Waals surface area contributed by atoms with Crippen molar-refractivity contribution in [2.45, 2.75) is 13.5 Å². The first kappa shape index (κ1) is 14.6. The van der Waals surface area contributed by atoms with Gasteiger partial charge in [-0.1, -0.05) is 23.8 Å². The normalized spacial score (nSPS) is 10.1. The Kier molecular flexibility index (Phi) is 4.23. The molecular formula is C16H15NO4. The van der Waals surface area contributed by atoms with Crippen LogP contribution in [0.15, 0.2) is 42.5 Å². The molecule has 3 N–H and O–H groups in total. The highest BCUT2D eigenvalue weighted by Crippen LogP contribution is 2.18. The van der Waals surface area contributed by atoms with Crippen molar-refractivity contribution in [2.24, 2.45) is 0 Å². The number of benzene rings is 2. The molecule has 2 aromatic rings. The second-order valence-electron chi connectivity index (χ2n) is 4.71. The minimum Gasteiger partial charge on any atom is -0.507 e. The molecule has 5 heteroatoms. The second kappa shape index (κ2) is 6.09. The van der Waals surface area contributed by atoms with E-state index in [9.17, 15) is 14.7 Å². The Hall–Kier alpha value is -2.82. The van der Waals surface area contributed by atoms with Gasteiger partial charge in [-0.15, -0.1) is 0 Å². The number of hydrogen-bond acceptors (Lipinski definition) is 3. The zero-order valence-electron chi connectivity index (χ0n) is 11.5. The lowest BCUT2D eigenvalue weighted by Crippen LogP contribution is -2.23. The molecule has 0 heterocycles. The van der Waals surface area contributed by atoms with Crippen LogP contribution in [-0.2, 0) is 6.54 Å². The van der Waals surface area contributed by atoms with Crippen LogP contribution in [0.2, 0.25) is 0 Å². The number of rotatable bonds is 4. The number of phenolic OH excluding ortho intramolecular Hbond substituents is 1. The Labute approximate surface area is 121 Å². The molecule has 108 valence electrons. The monoisotopic (exact) mass is 285 g/mol. The first-order valence-electron chi connectivity index (χ1n) is 6.37. The van der Waals surface area contributed by atoms with Gasteiger partial charge in [0, 0.05) is 6.54 Å². The number of nitrogens with one attached hydrogen (secondary N) is 1. The fraction of sp³-hybridized carbons (Fsp3) is 0.125. The van der Waals surface area contributed by atoms with Gasteiger partial charge in [-0.05, 0) is 36.8 Å². The Bertz CT molecular complexity index is 677. The zero-order valence-corrected chi connectivity index (χ0v) is 11.5. The van der Waals surface area contributed by atoms with Crippen LogP contribution in [0.4, 0.5) is 0 Å². The van der Waals surface area contributed by atoms with E-state index in [2.05, 4.69) is 5.32 Å². The summed E-state index contributed by atoms with van der Waals surface area (Å²) < 4.78 is 0. The molecule has 0 fully saturated rings. The summed E-state index contributed by atoms with van der Waals surface area (Å²) in [6.07, 6.45) is 0. The SMILES string of the molecule is Cc1ccc(O)c(C(=O)NCc2ccc(C(=O)O)cc2)c1. The van der Waals surface area contributed by atoms with E-state index < -0.39 is 5.97 Å². The van der Waals surface area contributed by atoms with Crippen LogP contribution in [0.25, 0.3) is 0 Å². The average Bonchev–Trinajstić information content (AvgIpc) is 2.47. The van der Waals surface area contributed by atoms with Crippen LogP contribution >= 0.6 is 0 Å². The Balaban J connectivity index is 2.04. The number of carbonyl (C=O) groups excluding carboxylic acids is 1. The fourth-order valence-electron chi connectivity index (χ4n) is 1.87. The summed E-state index contributed by atoms with van der Waals surface area (Å²) in [4.78, 5) is 22.7. The number of phenols is 1. The number of carbonyl (C=O) groups is 2. The van der Waals surface area contributed by atoms with Crippen molar-refractivity contribution in [1.82, 2.24) is 5.32 Å². The van der Waals surface area contributed by atoms with Gasteiger partial charge in [-0.25, -0.2) is 4.79 Å². The molecule has 0 unspecified atom stereocenters. The number of carboxylic acid groups (broad SMARTS) is 1. The molecule has 0 aliphatic carbocycles. The molecule has 0 saturated carbocycles. The number of aryl methyl sites for hydroxylation is 1. The third kappa shape index (κ3) is 3.60.